The molecule has 0 unspecified atom stereocenters. The van der Waals surface area contributed by atoms with Crippen LogP contribution in [-0.4, -0.2) is 90.0 Å². The molecule has 2 aromatic heterocycles. The van der Waals surface area contributed by atoms with E-state index in [-0.39, 0.29) is 18.7 Å². The second-order valence-electron chi connectivity index (χ2n) is 9.63. The van der Waals surface area contributed by atoms with Gasteiger partial charge in [-0.05, 0) is 50.9 Å². The molecule has 3 heterocycles. The number of nitrogens with one attached hydrogen (secondary N) is 1. The number of carbonyl (C=O) groups excluding carboxylic acids is 1. The summed E-state index contributed by atoms with van der Waals surface area (Å²) in [6, 6.07) is 6.97. The first-order valence-corrected chi connectivity index (χ1v) is 15.6. The zero-order chi connectivity index (χ0) is 36.6. The summed E-state index contributed by atoms with van der Waals surface area (Å²) in [4.78, 5) is 38.9. The van der Waals surface area contributed by atoms with Crippen LogP contribution in [0, 0.1) is 5.82 Å². The summed E-state index contributed by atoms with van der Waals surface area (Å²) in [6.45, 7) is 0.778. The van der Waals surface area contributed by atoms with Gasteiger partial charge < -0.3 is 24.6 Å². The molecule has 3 aromatic rings. The zero-order valence-corrected chi connectivity index (χ0v) is 26.8. The largest absolute Gasteiger partial charge is 0.490 e. The molecular formula is C26H25ClF7N5O7S2. The number of sulfonamides is 1. The molecule has 12 nitrogen and oxygen atoms in total. The van der Waals surface area contributed by atoms with Crippen LogP contribution in [0.2, 0.25) is 4.34 Å². The molecule has 0 bridgehead atoms. The molecule has 4 rings (SSSR count). The number of carboxylic acid groups (broad SMARTS) is 2. The number of aromatic nitrogens is 2. The highest BCUT2D eigenvalue weighted by atomic mass is 35.5. The Morgan fingerprint density at radius 3 is 2.17 bits per heavy atom. The molecule has 0 spiro atoms. The van der Waals surface area contributed by atoms with Gasteiger partial charge in [-0.15, -0.1) is 11.3 Å². The fourth-order valence-electron chi connectivity index (χ4n) is 3.67. The number of benzene rings is 1. The van der Waals surface area contributed by atoms with Gasteiger partial charge >= 0.3 is 24.3 Å². The van der Waals surface area contributed by atoms with Gasteiger partial charge in [-0.1, -0.05) is 11.6 Å². The van der Waals surface area contributed by atoms with Crippen molar-refractivity contribution in [1.29, 1.82) is 0 Å². The lowest BCUT2D eigenvalue weighted by molar-refractivity contribution is -0.193. The van der Waals surface area contributed by atoms with E-state index < -0.39 is 52.1 Å². The number of hydrogen-bond donors (Lipinski definition) is 3. The van der Waals surface area contributed by atoms with Gasteiger partial charge in [0.2, 0.25) is 15.9 Å². The number of alkyl halides is 6. The Hall–Kier alpha value is -4.05. The maximum absolute atomic E-state index is 15.0. The van der Waals surface area contributed by atoms with E-state index in [1.54, 1.807) is 35.2 Å². The van der Waals surface area contributed by atoms with E-state index in [0.717, 1.165) is 11.2 Å². The van der Waals surface area contributed by atoms with Gasteiger partial charge in [0.25, 0.3) is 0 Å². The fraction of sp³-hybridized carbons (Fsp3) is 0.308. The maximum Gasteiger partial charge on any atom is 0.490 e. The summed E-state index contributed by atoms with van der Waals surface area (Å²) in [5.41, 5.74) is 0.687. The third-order valence-electron chi connectivity index (χ3n) is 5.68. The van der Waals surface area contributed by atoms with Crippen molar-refractivity contribution in [3.8, 4) is 5.69 Å². The smallest absolute Gasteiger partial charge is 0.475 e. The van der Waals surface area contributed by atoms with Crippen LogP contribution in [0.3, 0.4) is 0 Å². The molecule has 1 saturated heterocycles. The monoisotopic (exact) mass is 751 g/mol. The molecule has 1 atom stereocenters. The normalized spacial score (nSPS) is 15.3. The van der Waals surface area contributed by atoms with Gasteiger partial charge in [-0.3, -0.25) is 4.79 Å². The number of amides is 1. The van der Waals surface area contributed by atoms with Crippen molar-refractivity contribution in [1.82, 2.24) is 19.2 Å². The minimum absolute atomic E-state index is 0.105. The number of thiophene rings is 1. The lowest BCUT2D eigenvalue weighted by Crippen LogP contribution is -2.40. The van der Waals surface area contributed by atoms with Crippen molar-refractivity contribution < 1.29 is 63.7 Å². The third kappa shape index (κ3) is 12.2. The van der Waals surface area contributed by atoms with Crippen molar-refractivity contribution >= 4 is 62.6 Å². The van der Waals surface area contributed by atoms with Gasteiger partial charge in [0, 0.05) is 41.0 Å². The van der Waals surface area contributed by atoms with Crippen LogP contribution in [0.5, 0.6) is 0 Å². The maximum atomic E-state index is 15.0. The predicted octanol–water partition coefficient (Wildman–Crippen LogP) is 4.75. The highest BCUT2D eigenvalue weighted by molar-refractivity contribution is 7.92. The van der Waals surface area contributed by atoms with Crippen LogP contribution < -0.4 is 9.62 Å². The topological polar surface area (TPSA) is 162 Å². The Morgan fingerprint density at radius 1 is 1.10 bits per heavy atom. The van der Waals surface area contributed by atoms with Crippen molar-refractivity contribution in [2.24, 2.45) is 0 Å². The van der Waals surface area contributed by atoms with E-state index in [1.807, 2.05) is 19.0 Å². The van der Waals surface area contributed by atoms with Gasteiger partial charge in [0.15, 0.2) is 0 Å². The molecule has 1 aromatic carbocycles. The summed E-state index contributed by atoms with van der Waals surface area (Å²) in [6.07, 6.45) is -5.13. The highest BCUT2D eigenvalue weighted by Gasteiger charge is 2.39. The molecule has 1 fully saturated rings. The molecule has 1 amide bonds. The molecule has 48 heavy (non-hydrogen) atoms. The van der Waals surface area contributed by atoms with E-state index in [2.05, 4.69) is 9.71 Å². The Labute approximate surface area is 276 Å². The van der Waals surface area contributed by atoms with Crippen LogP contribution in [0.4, 0.5) is 36.4 Å². The van der Waals surface area contributed by atoms with Crippen molar-refractivity contribution in [3.05, 3.63) is 69.0 Å². The lowest BCUT2D eigenvalue weighted by atomic mass is 10.2. The van der Waals surface area contributed by atoms with Crippen molar-refractivity contribution in [2.45, 2.75) is 31.4 Å². The zero-order valence-electron chi connectivity index (χ0n) is 24.5. The number of aliphatic carboxylic acids is 2. The fourth-order valence-corrected chi connectivity index (χ4v) is 5.74. The van der Waals surface area contributed by atoms with Crippen molar-refractivity contribution in [2.75, 3.05) is 25.5 Å². The van der Waals surface area contributed by atoms with E-state index >= 15 is 4.39 Å². The standard InChI is InChI=1S/C22H23ClFN5O3S2.2C2HF3O2/c1-27(2)14-21-25-9-11-28(21)15-3-5-19(17(24)13-15)29-10-7-18(22(29)30)26-34(31,32)12-8-16-4-6-20(23)33-16;2*3-2(4,5)1(6)7/h3-6,8-9,11-13,18,26H,7,10,14H2,1-2H3;2*(H,6,7)/b12-8+;;/t18-;;/m0../s1. The van der Waals surface area contributed by atoms with Crippen LogP contribution in [0.25, 0.3) is 11.8 Å². The molecular weight excluding hydrogens is 727 g/mol. The number of carboxylic acids is 2. The summed E-state index contributed by atoms with van der Waals surface area (Å²) in [7, 11) is -0.0430. The second-order valence-corrected chi connectivity index (χ2v) is 13.0. The van der Waals surface area contributed by atoms with Crippen LogP contribution in [0.1, 0.15) is 17.1 Å². The number of halogens is 8. The Kier molecular flexibility index (Phi) is 13.7. The second kappa shape index (κ2) is 16.4. The summed E-state index contributed by atoms with van der Waals surface area (Å²) in [5, 5.41) is 15.2. The van der Waals surface area contributed by atoms with Crippen molar-refractivity contribution in [3.63, 3.8) is 0 Å². The SMILES string of the molecule is CN(C)Cc1nccn1-c1ccc(N2CC[C@H](NS(=O)(=O)/C=C/c3ccc(Cl)s3)C2=O)c(F)c1.O=C(O)C(F)(F)F.O=C(O)C(F)(F)F. The molecule has 0 aliphatic carbocycles. The number of rotatable bonds is 8. The number of nitrogens with zero attached hydrogens (tertiary/aromatic N) is 4. The minimum atomic E-state index is -5.08. The molecule has 22 heteroatoms. The minimum Gasteiger partial charge on any atom is -0.475 e. The summed E-state index contributed by atoms with van der Waals surface area (Å²) >= 11 is 7.09. The Morgan fingerprint density at radius 2 is 1.69 bits per heavy atom. The average molecular weight is 752 g/mol. The first kappa shape index (κ1) is 40.1. The third-order valence-corrected chi connectivity index (χ3v) is 7.98. The molecule has 1 aliphatic heterocycles. The Bertz CT molecular complexity index is 1720. The lowest BCUT2D eigenvalue weighted by Gasteiger charge is -2.19. The highest BCUT2D eigenvalue weighted by Crippen LogP contribution is 2.28. The van der Waals surface area contributed by atoms with Gasteiger partial charge in [0.1, 0.15) is 17.7 Å². The quantitative estimate of drug-likeness (QED) is 0.276. The van der Waals surface area contributed by atoms with Crippen LogP contribution in [0.15, 0.2) is 48.1 Å². The molecule has 0 radical (unpaired) electrons. The molecule has 0 saturated carbocycles. The first-order valence-electron chi connectivity index (χ1n) is 12.9. The average Bonchev–Trinajstić information content (AvgIpc) is 3.67. The summed E-state index contributed by atoms with van der Waals surface area (Å²) in [5.74, 6) is -5.84. The number of imidazole rings is 1. The van der Waals surface area contributed by atoms with Gasteiger partial charge in [-0.25, -0.2) is 27.4 Å². The van der Waals surface area contributed by atoms with Gasteiger partial charge in [-0.2, -0.15) is 31.1 Å². The first-order chi connectivity index (χ1) is 22.0. The predicted molar refractivity (Wildman–Crippen MR) is 159 cm³/mol. The van der Waals surface area contributed by atoms with E-state index in [0.29, 0.717) is 21.4 Å². The molecule has 264 valence electrons. The van der Waals surface area contributed by atoms with E-state index in [9.17, 15) is 39.6 Å². The summed E-state index contributed by atoms with van der Waals surface area (Å²) < 4.78 is 108. The number of carbonyl (C=O) groups is 3. The van der Waals surface area contributed by atoms with Gasteiger partial charge in [0.05, 0.1) is 16.6 Å². The van der Waals surface area contributed by atoms with Crippen LogP contribution in [-0.2, 0) is 31.0 Å². The Balaban J connectivity index is 0.000000479. The molecule has 3 N–H and O–H groups in total. The molecule has 1 aliphatic rings. The number of anilines is 1. The van der Waals surface area contributed by atoms with E-state index in [4.69, 9.17) is 31.4 Å². The van der Waals surface area contributed by atoms with Crippen LogP contribution >= 0.6 is 22.9 Å². The number of hydrogen-bond acceptors (Lipinski definition) is 8. The van der Waals surface area contributed by atoms with E-state index in [1.165, 1.54) is 34.4 Å².